The molecule has 0 saturated heterocycles. The quantitative estimate of drug-likeness (QED) is 0.711. The number of para-hydroxylation sites is 1. The van der Waals surface area contributed by atoms with E-state index >= 15 is 0 Å². The summed E-state index contributed by atoms with van der Waals surface area (Å²) in [4.78, 5) is 0. The van der Waals surface area contributed by atoms with E-state index in [4.69, 9.17) is 4.42 Å². The molecule has 14 heavy (non-hydrogen) atoms. The van der Waals surface area contributed by atoms with Crippen LogP contribution in [0.5, 0.6) is 0 Å². The molecule has 1 aromatic heterocycles. The molecule has 2 aromatic rings. The topological polar surface area (TPSA) is 13.1 Å². The third-order valence-corrected chi connectivity index (χ3v) is 2.97. The van der Waals surface area contributed by atoms with Crippen molar-refractivity contribution in [2.24, 2.45) is 5.92 Å². The molecule has 1 heterocycles. The summed E-state index contributed by atoms with van der Waals surface area (Å²) in [5.74, 6) is 2.14. The molecule has 3 rings (SSSR count). The average Bonchev–Trinajstić information content (AvgIpc) is 2.94. The van der Waals surface area contributed by atoms with Crippen LogP contribution < -0.4 is 0 Å². The summed E-state index contributed by atoms with van der Waals surface area (Å²) >= 11 is 0. The first kappa shape index (κ1) is 8.10. The van der Waals surface area contributed by atoms with Crippen LogP contribution in [0.4, 0.5) is 0 Å². The van der Waals surface area contributed by atoms with Crippen molar-refractivity contribution in [1.29, 1.82) is 0 Å². The van der Waals surface area contributed by atoms with Gasteiger partial charge in [0, 0.05) is 11.8 Å². The monoisotopic (exact) mass is 186 g/mol. The summed E-state index contributed by atoms with van der Waals surface area (Å²) in [7, 11) is 0. The fraction of sp³-hybridized carbons (Fsp3) is 0.385. The molecule has 1 aliphatic rings. The molecule has 0 spiro atoms. The van der Waals surface area contributed by atoms with E-state index in [1.165, 1.54) is 24.6 Å². The van der Waals surface area contributed by atoms with E-state index < -0.39 is 0 Å². The molecule has 1 fully saturated rings. The van der Waals surface area contributed by atoms with Gasteiger partial charge in [0.25, 0.3) is 0 Å². The molecule has 1 aromatic carbocycles. The maximum atomic E-state index is 5.75. The van der Waals surface area contributed by atoms with Crippen LogP contribution in [0.15, 0.2) is 34.7 Å². The van der Waals surface area contributed by atoms with Crippen molar-refractivity contribution in [2.45, 2.75) is 25.7 Å². The lowest BCUT2D eigenvalue weighted by molar-refractivity contribution is 0.528. The van der Waals surface area contributed by atoms with Gasteiger partial charge in [-0.25, -0.2) is 0 Å². The Balaban J connectivity index is 1.82. The number of hydrogen-bond acceptors (Lipinski definition) is 1. The molecule has 0 unspecified atom stereocenters. The summed E-state index contributed by atoms with van der Waals surface area (Å²) in [6.07, 6.45) is 5.28. The van der Waals surface area contributed by atoms with Gasteiger partial charge in [0.1, 0.15) is 11.3 Å². The maximum absolute atomic E-state index is 5.75. The van der Waals surface area contributed by atoms with E-state index in [0.717, 1.165) is 23.7 Å². The van der Waals surface area contributed by atoms with Gasteiger partial charge in [-0.1, -0.05) is 31.0 Å². The first-order chi connectivity index (χ1) is 6.92. The van der Waals surface area contributed by atoms with E-state index in [1.807, 2.05) is 12.1 Å². The van der Waals surface area contributed by atoms with Crippen LogP contribution in [0, 0.1) is 5.92 Å². The van der Waals surface area contributed by atoms with Crippen LogP contribution in [-0.2, 0) is 6.42 Å². The summed E-state index contributed by atoms with van der Waals surface area (Å²) in [6.45, 7) is 0. The van der Waals surface area contributed by atoms with Crippen molar-refractivity contribution in [3.05, 3.63) is 36.1 Å². The third kappa shape index (κ3) is 1.54. The predicted molar refractivity (Wildman–Crippen MR) is 57.3 cm³/mol. The minimum Gasteiger partial charge on any atom is -0.461 e. The highest BCUT2D eigenvalue weighted by Crippen LogP contribution is 2.34. The van der Waals surface area contributed by atoms with Gasteiger partial charge < -0.3 is 4.42 Å². The summed E-state index contributed by atoms with van der Waals surface area (Å²) < 4.78 is 5.75. The largest absolute Gasteiger partial charge is 0.461 e. The zero-order chi connectivity index (χ0) is 9.38. The number of hydrogen-bond donors (Lipinski definition) is 0. The number of aryl methyl sites for hydroxylation is 1. The molecular weight excluding hydrogens is 172 g/mol. The lowest BCUT2D eigenvalue weighted by Gasteiger charge is -1.92. The number of benzene rings is 1. The lowest BCUT2D eigenvalue weighted by Crippen LogP contribution is -1.82. The second kappa shape index (κ2) is 3.16. The zero-order valence-electron chi connectivity index (χ0n) is 8.20. The third-order valence-electron chi connectivity index (χ3n) is 2.97. The Morgan fingerprint density at radius 1 is 1.21 bits per heavy atom. The highest BCUT2D eigenvalue weighted by molar-refractivity contribution is 5.77. The zero-order valence-corrected chi connectivity index (χ0v) is 8.20. The Hall–Kier alpha value is -1.24. The second-order valence-electron chi connectivity index (χ2n) is 4.23. The highest BCUT2D eigenvalue weighted by atomic mass is 16.3. The van der Waals surface area contributed by atoms with Crippen LogP contribution in [0.25, 0.3) is 11.0 Å². The van der Waals surface area contributed by atoms with Gasteiger partial charge in [0.15, 0.2) is 0 Å². The molecule has 0 amide bonds. The molecule has 0 aliphatic heterocycles. The first-order valence-electron chi connectivity index (χ1n) is 5.39. The van der Waals surface area contributed by atoms with Gasteiger partial charge in [-0.15, -0.1) is 0 Å². The van der Waals surface area contributed by atoms with E-state index in [2.05, 4.69) is 18.2 Å². The minimum absolute atomic E-state index is 0.989. The Morgan fingerprint density at radius 3 is 2.86 bits per heavy atom. The summed E-state index contributed by atoms with van der Waals surface area (Å²) in [5, 5.41) is 1.23. The molecule has 0 bridgehead atoms. The predicted octanol–water partition coefficient (Wildman–Crippen LogP) is 3.78. The second-order valence-corrected chi connectivity index (χ2v) is 4.23. The molecule has 1 saturated carbocycles. The lowest BCUT2D eigenvalue weighted by atomic mass is 10.2. The van der Waals surface area contributed by atoms with Crippen LogP contribution in [0.2, 0.25) is 0 Å². The van der Waals surface area contributed by atoms with E-state index in [9.17, 15) is 0 Å². The molecule has 0 radical (unpaired) electrons. The molecule has 1 heteroatoms. The van der Waals surface area contributed by atoms with Crippen LogP contribution in [0.1, 0.15) is 25.0 Å². The number of rotatable bonds is 3. The molecule has 0 atom stereocenters. The molecule has 1 aliphatic carbocycles. The SMILES string of the molecule is c1ccc2oc(CCC3CC3)cc2c1. The van der Waals surface area contributed by atoms with Gasteiger partial charge >= 0.3 is 0 Å². The van der Waals surface area contributed by atoms with Crippen molar-refractivity contribution in [3.8, 4) is 0 Å². The summed E-state index contributed by atoms with van der Waals surface area (Å²) in [6, 6.07) is 10.4. The summed E-state index contributed by atoms with van der Waals surface area (Å²) in [5.41, 5.74) is 1.03. The van der Waals surface area contributed by atoms with Crippen molar-refractivity contribution >= 4 is 11.0 Å². The van der Waals surface area contributed by atoms with Crippen molar-refractivity contribution in [2.75, 3.05) is 0 Å². The van der Waals surface area contributed by atoms with Gasteiger partial charge in [-0.2, -0.15) is 0 Å². The van der Waals surface area contributed by atoms with E-state index in [0.29, 0.717) is 0 Å². The Kier molecular flexibility index (Phi) is 1.83. The fourth-order valence-electron chi connectivity index (χ4n) is 1.91. The van der Waals surface area contributed by atoms with Gasteiger partial charge in [-0.3, -0.25) is 0 Å². The van der Waals surface area contributed by atoms with Crippen LogP contribution >= 0.6 is 0 Å². The van der Waals surface area contributed by atoms with Crippen LogP contribution in [-0.4, -0.2) is 0 Å². The van der Waals surface area contributed by atoms with Crippen molar-refractivity contribution < 1.29 is 4.42 Å². The fourth-order valence-corrected chi connectivity index (χ4v) is 1.91. The highest BCUT2D eigenvalue weighted by Gasteiger charge is 2.21. The maximum Gasteiger partial charge on any atom is 0.134 e. The van der Waals surface area contributed by atoms with E-state index in [1.54, 1.807) is 0 Å². The number of fused-ring (bicyclic) bond motifs is 1. The normalized spacial score (nSPS) is 16.3. The van der Waals surface area contributed by atoms with E-state index in [-0.39, 0.29) is 0 Å². The number of furan rings is 1. The van der Waals surface area contributed by atoms with Crippen molar-refractivity contribution in [3.63, 3.8) is 0 Å². The molecule has 72 valence electrons. The van der Waals surface area contributed by atoms with Crippen LogP contribution in [0.3, 0.4) is 0 Å². The molecule has 0 N–H and O–H groups in total. The van der Waals surface area contributed by atoms with Crippen molar-refractivity contribution in [1.82, 2.24) is 0 Å². The Labute approximate surface area is 83.7 Å². The van der Waals surface area contributed by atoms with Gasteiger partial charge in [-0.05, 0) is 24.5 Å². The smallest absolute Gasteiger partial charge is 0.134 e. The first-order valence-corrected chi connectivity index (χ1v) is 5.39. The Bertz CT molecular complexity index is 404. The average molecular weight is 186 g/mol. The minimum atomic E-state index is 0.989. The molecule has 1 nitrogen and oxygen atoms in total. The molecular formula is C13H14O. The standard InChI is InChI=1S/C13H14O/c1-2-4-13-11(3-1)9-12(14-13)8-7-10-5-6-10/h1-4,9-10H,5-8H2. The van der Waals surface area contributed by atoms with Gasteiger partial charge in [0.05, 0.1) is 0 Å². The van der Waals surface area contributed by atoms with Gasteiger partial charge in [0.2, 0.25) is 0 Å². The Morgan fingerprint density at radius 2 is 2.07 bits per heavy atom.